The molecule has 0 fully saturated rings. The summed E-state index contributed by atoms with van der Waals surface area (Å²) in [6, 6.07) is 25.2. The van der Waals surface area contributed by atoms with E-state index in [4.69, 9.17) is 4.98 Å². The van der Waals surface area contributed by atoms with Crippen molar-refractivity contribution in [2.75, 3.05) is 10.6 Å². The molecule has 4 rings (SSSR count). The third-order valence-electron chi connectivity index (χ3n) is 4.25. The summed E-state index contributed by atoms with van der Waals surface area (Å²) in [7, 11) is 0. The Labute approximate surface area is 167 Å². The van der Waals surface area contributed by atoms with Gasteiger partial charge < -0.3 is 10.6 Å². The molecule has 4 aromatic rings. The van der Waals surface area contributed by atoms with E-state index in [1.54, 1.807) is 11.3 Å². The molecule has 0 aliphatic rings. The molecule has 0 spiro atoms. The summed E-state index contributed by atoms with van der Waals surface area (Å²) in [4.78, 5) is 17.0. The Morgan fingerprint density at radius 1 is 0.821 bits per heavy atom. The summed E-state index contributed by atoms with van der Waals surface area (Å²) in [5.41, 5.74) is 5.59. The van der Waals surface area contributed by atoms with E-state index in [1.165, 1.54) is 0 Å². The second-order valence-electron chi connectivity index (χ2n) is 6.43. The molecule has 28 heavy (non-hydrogen) atoms. The highest BCUT2D eigenvalue weighted by Gasteiger charge is 2.08. The Kier molecular flexibility index (Phi) is 5.17. The molecule has 1 heterocycles. The fraction of sp³-hybridized carbons (Fsp3) is 0.0435. The smallest absolute Gasteiger partial charge is 0.308 e. The van der Waals surface area contributed by atoms with Gasteiger partial charge in [-0.25, -0.2) is 9.78 Å². The number of anilines is 2. The summed E-state index contributed by atoms with van der Waals surface area (Å²) in [6.45, 7) is 2.01. The maximum Gasteiger partial charge on any atom is 0.323 e. The molecule has 5 heteroatoms. The highest BCUT2D eigenvalue weighted by atomic mass is 32.1. The van der Waals surface area contributed by atoms with Crippen molar-refractivity contribution in [2.24, 2.45) is 0 Å². The lowest BCUT2D eigenvalue weighted by molar-refractivity contribution is 0.262. The monoisotopic (exact) mass is 385 g/mol. The molecule has 4 nitrogen and oxygen atoms in total. The minimum absolute atomic E-state index is 0.274. The number of thiazole rings is 1. The van der Waals surface area contributed by atoms with E-state index in [9.17, 15) is 4.79 Å². The van der Waals surface area contributed by atoms with Gasteiger partial charge in [0.15, 0.2) is 0 Å². The molecule has 1 aromatic heterocycles. The number of carbonyl (C=O) groups is 1. The third-order valence-corrected chi connectivity index (χ3v) is 5.14. The van der Waals surface area contributed by atoms with Gasteiger partial charge in [0.25, 0.3) is 0 Å². The lowest BCUT2D eigenvalue weighted by atomic mass is 10.1. The standard InChI is InChI=1S/C23H19N3OS/c1-16-10-12-19(13-11-16)24-23(27)25-20-9-5-8-18(14-20)21-15-28-22(26-21)17-6-3-2-4-7-17/h2-15H,1H3,(H2,24,25,27). The first-order valence-corrected chi connectivity index (χ1v) is 9.81. The Bertz CT molecular complexity index is 1090. The topological polar surface area (TPSA) is 54.0 Å². The largest absolute Gasteiger partial charge is 0.323 e. The molecular weight excluding hydrogens is 366 g/mol. The van der Waals surface area contributed by atoms with Gasteiger partial charge in [-0.3, -0.25) is 0 Å². The molecule has 0 saturated carbocycles. The molecule has 138 valence electrons. The number of carbonyl (C=O) groups excluding carboxylic acids is 1. The van der Waals surface area contributed by atoms with Gasteiger partial charge in [0.1, 0.15) is 5.01 Å². The summed E-state index contributed by atoms with van der Waals surface area (Å²) in [5.74, 6) is 0. The van der Waals surface area contributed by atoms with Gasteiger partial charge >= 0.3 is 6.03 Å². The summed E-state index contributed by atoms with van der Waals surface area (Å²) in [6.07, 6.45) is 0. The van der Waals surface area contributed by atoms with Gasteiger partial charge in [0.05, 0.1) is 5.69 Å². The molecule has 3 aromatic carbocycles. The third kappa shape index (κ3) is 4.27. The maximum atomic E-state index is 12.3. The van der Waals surface area contributed by atoms with Gasteiger partial charge in [-0.1, -0.05) is 60.2 Å². The van der Waals surface area contributed by atoms with Crippen LogP contribution < -0.4 is 10.6 Å². The number of amides is 2. The van der Waals surface area contributed by atoms with Crippen molar-refractivity contribution in [3.63, 3.8) is 0 Å². The van der Waals surface area contributed by atoms with Crippen molar-refractivity contribution < 1.29 is 4.79 Å². The number of hydrogen-bond donors (Lipinski definition) is 2. The van der Waals surface area contributed by atoms with Crippen LogP contribution in [0.3, 0.4) is 0 Å². The van der Waals surface area contributed by atoms with Crippen molar-refractivity contribution in [2.45, 2.75) is 6.92 Å². The van der Waals surface area contributed by atoms with Crippen molar-refractivity contribution in [1.29, 1.82) is 0 Å². The quantitative estimate of drug-likeness (QED) is 0.425. The van der Waals surface area contributed by atoms with Crippen LogP contribution in [0.25, 0.3) is 21.8 Å². The fourth-order valence-corrected chi connectivity index (χ4v) is 3.64. The Balaban J connectivity index is 1.48. The van der Waals surface area contributed by atoms with Gasteiger partial charge in [-0.2, -0.15) is 0 Å². The normalized spacial score (nSPS) is 10.5. The van der Waals surface area contributed by atoms with Crippen LogP contribution in [0.1, 0.15) is 5.56 Å². The number of hydrogen-bond acceptors (Lipinski definition) is 3. The Morgan fingerprint density at radius 2 is 1.54 bits per heavy atom. The van der Waals surface area contributed by atoms with Gasteiger partial charge in [0, 0.05) is 27.9 Å². The van der Waals surface area contributed by atoms with Crippen LogP contribution in [0.4, 0.5) is 16.2 Å². The lowest BCUT2D eigenvalue weighted by Crippen LogP contribution is -2.19. The molecule has 0 aliphatic carbocycles. The average Bonchev–Trinajstić information content (AvgIpc) is 3.21. The Hall–Kier alpha value is -3.44. The average molecular weight is 385 g/mol. The zero-order valence-electron chi connectivity index (χ0n) is 15.3. The predicted molar refractivity (Wildman–Crippen MR) is 117 cm³/mol. The molecular formula is C23H19N3OS. The number of urea groups is 1. The highest BCUT2D eigenvalue weighted by Crippen LogP contribution is 2.29. The zero-order chi connectivity index (χ0) is 19.3. The molecule has 0 saturated heterocycles. The minimum atomic E-state index is -0.274. The number of nitrogens with zero attached hydrogens (tertiary/aromatic N) is 1. The number of aromatic nitrogens is 1. The van der Waals surface area contributed by atoms with Crippen LogP contribution in [0, 0.1) is 6.92 Å². The van der Waals surface area contributed by atoms with Crippen LogP contribution in [0.15, 0.2) is 84.2 Å². The maximum absolute atomic E-state index is 12.3. The fourth-order valence-electron chi connectivity index (χ4n) is 2.81. The first kappa shape index (κ1) is 17.9. The summed E-state index contributed by atoms with van der Waals surface area (Å²) in [5, 5.41) is 8.73. The summed E-state index contributed by atoms with van der Waals surface area (Å²) < 4.78 is 0. The lowest BCUT2D eigenvalue weighted by Gasteiger charge is -2.09. The van der Waals surface area contributed by atoms with E-state index in [1.807, 2.05) is 79.0 Å². The second-order valence-corrected chi connectivity index (χ2v) is 7.29. The van der Waals surface area contributed by atoms with Crippen LogP contribution in [-0.4, -0.2) is 11.0 Å². The van der Waals surface area contributed by atoms with Gasteiger partial charge in [0.2, 0.25) is 0 Å². The first-order chi connectivity index (χ1) is 13.7. The van der Waals surface area contributed by atoms with E-state index in [0.717, 1.165) is 38.8 Å². The van der Waals surface area contributed by atoms with E-state index < -0.39 is 0 Å². The SMILES string of the molecule is Cc1ccc(NC(=O)Nc2cccc(-c3csc(-c4ccccc4)n3)c2)cc1. The molecule has 0 bridgehead atoms. The number of rotatable bonds is 4. The number of benzene rings is 3. The van der Waals surface area contributed by atoms with Gasteiger partial charge in [-0.05, 0) is 31.2 Å². The molecule has 0 atom stereocenters. The van der Waals surface area contributed by atoms with Crippen molar-refractivity contribution in [3.8, 4) is 21.8 Å². The predicted octanol–water partition coefficient (Wildman–Crippen LogP) is 6.43. The van der Waals surface area contributed by atoms with Crippen LogP contribution in [0.2, 0.25) is 0 Å². The van der Waals surface area contributed by atoms with Crippen LogP contribution >= 0.6 is 11.3 Å². The van der Waals surface area contributed by atoms with E-state index >= 15 is 0 Å². The van der Waals surface area contributed by atoms with E-state index in [0.29, 0.717) is 0 Å². The molecule has 0 aliphatic heterocycles. The molecule has 0 radical (unpaired) electrons. The van der Waals surface area contributed by atoms with E-state index in [2.05, 4.69) is 22.8 Å². The molecule has 0 unspecified atom stereocenters. The second kappa shape index (κ2) is 8.06. The number of nitrogens with one attached hydrogen (secondary N) is 2. The van der Waals surface area contributed by atoms with Crippen molar-refractivity contribution in [3.05, 3.63) is 89.8 Å². The van der Waals surface area contributed by atoms with E-state index in [-0.39, 0.29) is 6.03 Å². The minimum Gasteiger partial charge on any atom is -0.308 e. The molecule has 2 amide bonds. The highest BCUT2D eigenvalue weighted by molar-refractivity contribution is 7.13. The van der Waals surface area contributed by atoms with Crippen molar-refractivity contribution in [1.82, 2.24) is 4.98 Å². The number of aryl methyl sites for hydroxylation is 1. The zero-order valence-corrected chi connectivity index (χ0v) is 16.2. The summed E-state index contributed by atoms with van der Waals surface area (Å²) >= 11 is 1.61. The van der Waals surface area contributed by atoms with Crippen LogP contribution in [-0.2, 0) is 0 Å². The molecule has 2 N–H and O–H groups in total. The van der Waals surface area contributed by atoms with Crippen LogP contribution in [0.5, 0.6) is 0 Å². The van der Waals surface area contributed by atoms with Crippen molar-refractivity contribution >= 4 is 28.7 Å². The van der Waals surface area contributed by atoms with Gasteiger partial charge in [-0.15, -0.1) is 11.3 Å². The first-order valence-electron chi connectivity index (χ1n) is 8.93. The Morgan fingerprint density at radius 3 is 2.32 bits per heavy atom.